The summed E-state index contributed by atoms with van der Waals surface area (Å²) in [6, 6.07) is 1.02. The van der Waals surface area contributed by atoms with Crippen molar-refractivity contribution in [1.29, 1.82) is 0 Å². The summed E-state index contributed by atoms with van der Waals surface area (Å²) in [7, 11) is -5.78. The summed E-state index contributed by atoms with van der Waals surface area (Å²) >= 11 is 0. The van der Waals surface area contributed by atoms with Crippen LogP contribution in [-0.4, -0.2) is 25.2 Å². The monoisotopic (exact) mass is 255 g/mol. The van der Waals surface area contributed by atoms with Gasteiger partial charge >= 0.3 is 15.6 Å². The van der Waals surface area contributed by atoms with E-state index in [1.165, 1.54) is 0 Å². The Kier molecular flexibility index (Phi) is 3.17. The largest absolute Gasteiger partial charge is 0.534 e. The fraction of sp³-hybridized carbons (Fsp3) is 0.143. The molecule has 1 aromatic rings. The van der Waals surface area contributed by atoms with E-state index in [2.05, 4.69) is 9.17 Å². The molecule has 9 heteroatoms. The van der Waals surface area contributed by atoms with Gasteiger partial charge in [0, 0.05) is 6.20 Å². The van der Waals surface area contributed by atoms with Crippen molar-refractivity contribution in [1.82, 2.24) is 4.98 Å². The Bertz CT molecular complexity index is 497. The Hall–Kier alpha value is -1.64. The van der Waals surface area contributed by atoms with Crippen LogP contribution in [0.2, 0.25) is 0 Å². The zero-order valence-electron chi connectivity index (χ0n) is 7.43. The van der Waals surface area contributed by atoms with Crippen LogP contribution in [0.15, 0.2) is 18.5 Å². The lowest BCUT2D eigenvalue weighted by atomic mass is 10.3. The minimum absolute atomic E-state index is 0.156. The number of hydrogen-bond acceptors (Lipinski definition) is 5. The van der Waals surface area contributed by atoms with Gasteiger partial charge < -0.3 is 4.18 Å². The first-order valence-corrected chi connectivity index (χ1v) is 5.08. The predicted octanol–water partition coefficient (Wildman–Crippen LogP) is 1.12. The van der Waals surface area contributed by atoms with Gasteiger partial charge in [-0.3, -0.25) is 9.78 Å². The quantitative estimate of drug-likeness (QED) is 0.459. The van der Waals surface area contributed by atoms with E-state index in [0.717, 1.165) is 12.3 Å². The van der Waals surface area contributed by atoms with Crippen molar-refractivity contribution in [2.45, 2.75) is 5.51 Å². The van der Waals surface area contributed by atoms with Gasteiger partial charge in [-0.1, -0.05) is 0 Å². The zero-order chi connectivity index (χ0) is 12.4. The van der Waals surface area contributed by atoms with E-state index in [1.54, 1.807) is 0 Å². The van der Waals surface area contributed by atoms with E-state index >= 15 is 0 Å². The van der Waals surface area contributed by atoms with Crippen LogP contribution in [0.25, 0.3) is 0 Å². The number of carbonyl (C=O) groups is 1. The van der Waals surface area contributed by atoms with Crippen LogP contribution in [0.4, 0.5) is 13.2 Å². The highest BCUT2D eigenvalue weighted by Gasteiger charge is 2.48. The van der Waals surface area contributed by atoms with Crippen LogP contribution >= 0.6 is 0 Å². The molecule has 0 amide bonds. The molecule has 0 N–H and O–H groups in total. The lowest BCUT2D eigenvalue weighted by Crippen LogP contribution is -2.28. The van der Waals surface area contributed by atoms with E-state index in [-0.39, 0.29) is 11.8 Å². The Balaban J connectivity index is 3.11. The lowest BCUT2D eigenvalue weighted by molar-refractivity contribution is -0.0500. The number of alkyl halides is 3. The molecule has 0 aliphatic rings. The summed E-state index contributed by atoms with van der Waals surface area (Å²) in [5, 5.41) is 0. The van der Waals surface area contributed by atoms with Crippen LogP contribution in [-0.2, 0) is 10.1 Å². The van der Waals surface area contributed by atoms with Gasteiger partial charge in [0.1, 0.15) is 0 Å². The normalized spacial score (nSPS) is 12.2. The topological polar surface area (TPSA) is 73.3 Å². The molecule has 0 unspecified atom stereocenters. The number of aldehydes is 1. The van der Waals surface area contributed by atoms with E-state index < -0.39 is 21.4 Å². The average molecular weight is 255 g/mol. The molecule has 0 radical (unpaired) electrons. The third-order valence-electron chi connectivity index (χ3n) is 1.43. The van der Waals surface area contributed by atoms with E-state index in [0.29, 0.717) is 6.20 Å². The fourth-order valence-electron chi connectivity index (χ4n) is 0.723. The van der Waals surface area contributed by atoms with Crippen LogP contribution in [0, 0.1) is 0 Å². The van der Waals surface area contributed by atoms with E-state index in [1.807, 2.05) is 0 Å². The van der Waals surface area contributed by atoms with Crippen molar-refractivity contribution in [3.63, 3.8) is 0 Å². The molecule has 0 saturated heterocycles. The van der Waals surface area contributed by atoms with Gasteiger partial charge in [0.2, 0.25) is 0 Å². The summed E-state index contributed by atoms with van der Waals surface area (Å²) in [5.74, 6) is -0.769. The number of aromatic nitrogens is 1. The Morgan fingerprint density at radius 1 is 1.38 bits per heavy atom. The molecule has 0 spiro atoms. The number of halogens is 3. The first-order valence-electron chi connectivity index (χ1n) is 3.68. The Morgan fingerprint density at radius 3 is 2.50 bits per heavy atom. The molecule has 0 aromatic carbocycles. The highest BCUT2D eigenvalue weighted by atomic mass is 32.2. The highest BCUT2D eigenvalue weighted by molar-refractivity contribution is 7.88. The summed E-state index contributed by atoms with van der Waals surface area (Å²) in [4.78, 5) is 13.7. The maximum Gasteiger partial charge on any atom is 0.534 e. The summed E-state index contributed by atoms with van der Waals surface area (Å²) in [6.07, 6.45) is 1.97. The third kappa shape index (κ3) is 2.48. The molecule has 88 valence electrons. The van der Waals surface area contributed by atoms with Gasteiger partial charge in [0.05, 0.1) is 11.8 Å². The molecule has 1 aromatic heterocycles. The first-order chi connectivity index (χ1) is 7.28. The molecule has 0 fully saturated rings. The molecule has 1 heterocycles. The number of hydrogen-bond donors (Lipinski definition) is 0. The van der Waals surface area contributed by atoms with Crippen molar-refractivity contribution in [3.05, 3.63) is 24.0 Å². The predicted molar refractivity (Wildman–Crippen MR) is 45.2 cm³/mol. The minimum Gasteiger partial charge on any atom is -0.374 e. The third-order valence-corrected chi connectivity index (χ3v) is 2.39. The van der Waals surface area contributed by atoms with E-state index in [4.69, 9.17) is 0 Å². The molecule has 1 rings (SSSR count). The average Bonchev–Trinajstić information content (AvgIpc) is 2.16. The van der Waals surface area contributed by atoms with Crippen molar-refractivity contribution in [2.24, 2.45) is 0 Å². The van der Waals surface area contributed by atoms with Crippen molar-refractivity contribution in [2.75, 3.05) is 0 Å². The van der Waals surface area contributed by atoms with Gasteiger partial charge in [0.15, 0.2) is 12.0 Å². The fourth-order valence-corrected chi connectivity index (χ4v) is 1.19. The van der Waals surface area contributed by atoms with Crippen LogP contribution in [0.5, 0.6) is 5.75 Å². The number of pyridine rings is 1. The molecule has 16 heavy (non-hydrogen) atoms. The van der Waals surface area contributed by atoms with Gasteiger partial charge in [-0.25, -0.2) is 0 Å². The van der Waals surface area contributed by atoms with Crippen molar-refractivity contribution < 1.29 is 30.6 Å². The van der Waals surface area contributed by atoms with Gasteiger partial charge in [-0.05, 0) is 6.07 Å². The van der Waals surface area contributed by atoms with Gasteiger partial charge in [-0.2, -0.15) is 21.6 Å². The molecule has 0 aliphatic carbocycles. The lowest BCUT2D eigenvalue weighted by Gasteiger charge is -2.09. The summed E-state index contributed by atoms with van der Waals surface area (Å²) in [6.45, 7) is 0. The SMILES string of the molecule is O=Cc1ccncc1OS(=O)(=O)C(F)(F)F. The number of nitrogens with zero attached hydrogens (tertiary/aromatic N) is 1. The Labute approximate surface area is 88.0 Å². The standard InChI is InChI=1S/C7H4F3NO4S/c8-7(9,10)16(13,14)15-6-3-11-2-1-5(6)4-12/h1-4H. The summed E-state index contributed by atoms with van der Waals surface area (Å²) in [5.41, 5.74) is -5.90. The molecule has 0 atom stereocenters. The van der Waals surface area contributed by atoms with Crippen molar-refractivity contribution in [3.8, 4) is 5.75 Å². The number of rotatable bonds is 3. The highest BCUT2D eigenvalue weighted by Crippen LogP contribution is 2.27. The second kappa shape index (κ2) is 4.08. The van der Waals surface area contributed by atoms with Crippen LogP contribution < -0.4 is 4.18 Å². The van der Waals surface area contributed by atoms with Crippen LogP contribution in [0.1, 0.15) is 10.4 Å². The Morgan fingerprint density at radius 2 is 2.00 bits per heavy atom. The minimum atomic E-state index is -5.78. The van der Waals surface area contributed by atoms with E-state index in [9.17, 15) is 26.4 Å². The second-order valence-corrected chi connectivity index (χ2v) is 4.05. The van der Waals surface area contributed by atoms with Gasteiger partial charge in [0.25, 0.3) is 0 Å². The molecular weight excluding hydrogens is 251 g/mol. The second-order valence-electron chi connectivity index (χ2n) is 2.51. The summed E-state index contributed by atoms with van der Waals surface area (Å²) < 4.78 is 60.7. The number of carbonyl (C=O) groups excluding carboxylic acids is 1. The maximum atomic E-state index is 11.9. The van der Waals surface area contributed by atoms with Crippen molar-refractivity contribution >= 4 is 16.4 Å². The molecule has 0 bridgehead atoms. The molecule has 0 aliphatic heterocycles. The zero-order valence-corrected chi connectivity index (χ0v) is 8.25. The first kappa shape index (κ1) is 12.4. The van der Waals surface area contributed by atoms with Crippen LogP contribution in [0.3, 0.4) is 0 Å². The molecular formula is C7H4F3NO4S. The molecule has 0 saturated carbocycles. The maximum absolute atomic E-state index is 11.9. The molecule has 5 nitrogen and oxygen atoms in total. The van der Waals surface area contributed by atoms with Gasteiger partial charge in [-0.15, -0.1) is 0 Å². The smallest absolute Gasteiger partial charge is 0.374 e.